The number of hydrogen-bond donors (Lipinski definition) is 2. The first-order chi connectivity index (χ1) is 7.34. The smallest absolute Gasteiger partial charge is 0.0921 e. The molecule has 17 heavy (non-hydrogen) atoms. The minimum atomic E-state index is 0. The van der Waals surface area contributed by atoms with E-state index in [-0.39, 0.29) is 30.9 Å². The quantitative estimate of drug-likeness (QED) is 0.899. The number of imidazole rings is 1. The van der Waals surface area contributed by atoms with Crippen molar-refractivity contribution in [3.05, 3.63) is 54.1 Å². The zero-order valence-electron chi connectivity index (χ0n) is 9.37. The molecule has 1 aromatic carbocycles. The molecular formula is C12H17Cl2N3. The van der Waals surface area contributed by atoms with Gasteiger partial charge in [0.15, 0.2) is 0 Å². The third kappa shape index (κ3) is 5.22. The van der Waals surface area contributed by atoms with Crippen molar-refractivity contribution in [2.24, 2.45) is 5.73 Å². The highest BCUT2D eigenvalue weighted by molar-refractivity contribution is 5.85. The van der Waals surface area contributed by atoms with Crippen LogP contribution in [0.3, 0.4) is 0 Å². The van der Waals surface area contributed by atoms with Gasteiger partial charge in [0.25, 0.3) is 0 Å². The van der Waals surface area contributed by atoms with Crippen molar-refractivity contribution < 1.29 is 0 Å². The Morgan fingerprint density at radius 3 is 2.41 bits per heavy atom. The summed E-state index contributed by atoms with van der Waals surface area (Å²) in [7, 11) is 0. The molecule has 0 radical (unpaired) electrons. The topological polar surface area (TPSA) is 54.7 Å². The van der Waals surface area contributed by atoms with Gasteiger partial charge in [0, 0.05) is 24.4 Å². The number of H-pyrrole nitrogens is 1. The van der Waals surface area contributed by atoms with Crippen LogP contribution in [0.5, 0.6) is 0 Å². The highest BCUT2D eigenvalue weighted by Crippen LogP contribution is 2.05. The average molecular weight is 274 g/mol. The maximum Gasteiger partial charge on any atom is 0.0921 e. The summed E-state index contributed by atoms with van der Waals surface area (Å²) in [4.78, 5) is 7.03. The van der Waals surface area contributed by atoms with Crippen LogP contribution in [0, 0.1) is 0 Å². The molecule has 0 bridgehead atoms. The normalized spacial score (nSPS) is 11.1. The number of benzene rings is 1. The van der Waals surface area contributed by atoms with Crippen molar-refractivity contribution in [2.45, 2.75) is 18.9 Å². The minimum absolute atomic E-state index is 0. The van der Waals surface area contributed by atoms with Gasteiger partial charge in [0.1, 0.15) is 0 Å². The van der Waals surface area contributed by atoms with Gasteiger partial charge in [-0.1, -0.05) is 30.3 Å². The zero-order chi connectivity index (χ0) is 10.5. The number of nitrogens with zero attached hydrogens (tertiary/aromatic N) is 1. The summed E-state index contributed by atoms with van der Waals surface area (Å²) < 4.78 is 0. The molecule has 2 rings (SSSR count). The summed E-state index contributed by atoms with van der Waals surface area (Å²) in [6.07, 6.45) is 5.25. The second kappa shape index (κ2) is 8.12. The van der Waals surface area contributed by atoms with Crippen molar-refractivity contribution in [3.8, 4) is 0 Å². The first-order valence-electron chi connectivity index (χ1n) is 5.11. The first kappa shape index (κ1) is 16.0. The van der Waals surface area contributed by atoms with E-state index >= 15 is 0 Å². The molecule has 1 atom stereocenters. The number of aromatic nitrogens is 2. The van der Waals surface area contributed by atoms with Crippen molar-refractivity contribution in [2.75, 3.05) is 0 Å². The van der Waals surface area contributed by atoms with Gasteiger partial charge < -0.3 is 10.7 Å². The molecule has 3 N–H and O–H groups in total. The Morgan fingerprint density at radius 1 is 1.12 bits per heavy atom. The molecule has 0 saturated heterocycles. The standard InChI is InChI=1S/C12H15N3.2ClH/c13-11(7-12-8-14-9-15-12)6-10-4-2-1-3-5-10;;/h1-5,8-9,11H,6-7,13H2,(H,14,15);2*1H. The Hall–Kier alpha value is -1.03. The number of nitrogens with one attached hydrogen (secondary N) is 1. The molecule has 0 aliphatic heterocycles. The average Bonchev–Trinajstić information content (AvgIpc) is 2.71. The van der Waals surface area contributed by atoms with Crippen molar-refractivity contribution in [1.82, 2.24) is 9.97 Å². The first-order valence-corrected chi connectivity index (χ1v) is 5.11. The van der Waals surface area contributed by atoms with Crippen LogP contribution < -0.4 is 5.73 Å². The molecule has 1 heterocycles. The van der Waals surface area contributed by atoms with Gasteiger partial charge in [0.05, 0.1) is 6.33 Å². The Kier molecular flexibility index (Phi) is 7.63. The van der Waals surface area contributed by atoms with Gasteiger partial charge in [-0.3, -0.25) is 0 Å². The Morgan fingerprint density at radius 2 is 1.82 bits per heavy atom. The summed E-state index contributed by atoms with van der Waals surface area (Å²) in [6.45, 7) is 0. The molecule has 3 nitrogen and oxygen atoms in total. The SMILES string of the molecule is Cl.Cl.NC(Cc1ccccc1)Cc1cnc[nH]1. The van der Waals surface area contributed by atoms with E-state index in [1.165, 1.54) is 5.56 Å². The maximum atomic E-state index is 6.05. The summed E-state index contributed by atoms with van der Waals surface area (Å²) >= 11 is 0. The molecule has 2 aromatic rings. The van der Waals surface area contributed by atoms with Crippen molar-refractivity contribution in [3.63, 3.8) is 0 Å². The predicted octanol–water partition coefficient (Wildman–Crippen LogP) is 2.37. The van der Waals surface area contributed by atoms with Gasteiger partial charge in [-0.05, 0) is 12.0 Å². The van der Waals surface area contributed by atoms with E-state index in [9.17, 15) is 0 Å². The lowest BCUT2D eigenvalue weighted by Gasteiger charge is -2.09. The van der Waals surface area contributed by atoms with Crippen LogP contribution in [0.4, 0.5) is 0 Å². The third-order valence-corrected chi connectivity index (χ3v) is 2.38. The van der Waals surface area contributed by atoms with E-state index in [4.69, 9.17) is 5.73 Å². The van der Waals surface area contributed by atoms with Crippen molar-refractivity contribution >= 4 is 24.8 Å². The molecule has 0 fully saturated rings. The highest BCUT2D eigenvalue weighted by atomic mass is 35.5. The molecule has 0 aliphatic carbocycles. The molecule has 0 spiro atoms. The molecule has 0 amide bonds. The number of hydrogen-bond acceptors (Lipinski definition) is 2. The van der Waals surface area contributed by atoms with E-state index in [0.717, 1.165) is 18.5 Å². The zero-order valence-corrected chi connectivity index (χ0v) is 11.0. The fourth-order valence-corrected chi connectivity index (χ4v) is 1.67. The summed E-state index contributed by atoms with van der Waals surface area (Å²) in [6, 6.07) is 10.5. The van der Waals surface area contributed by atoms with E-state index in [2.05, 4.69) is 22.1 Å². The lowest BCUT2D eigenvalue weighted by molar-refractivity contribution is 0.656. The Bertz CT molecular complexity index is 389. The summed E-state index contributed by atoms with van der Waals surface area (Å²) in [5.74, 6) is 0. The summed E-state index contributed by atoms with van der Waals surface area (Å²) in [5.41, 5.74) is 8.43. The van der Waals surface area contributed by atoms with Crippen LogP contribution in [0.2, 0.25) is 0 Å². The number of nitrogens with two attached hydrogens (primary N) is 1. The van der Waals surface area contributed by atoms with Crippen LogP contribution in [-0.4, -0.2) is 16.0 Å². The monoisotopic (exact) mass is 273 g/mol. The molecule has 94 valence electrons. The lowest BCUT2D eigenvalue weighted by atomic mass is 10.0. The number of halogens is 2. The van der Waals surface area contributed by atoms with Crippen LogP contribution in [0.1, 0.15) is 11.3 Å². The molecule has 0 saturated carbocycles. The van der Waals surface area contributed by atoms with Crippen molar-refractivity contribution in [1.29, 1.82) is 0 Å². The van der Waals surface area contributed by atoms with Gasteiger partial charge >= 0.3 is 0 Å². The fraction of sp³-hybridized carbons (Fsp3) is 0.250. The second-order valence-corrected chi connectivity index (χ2v) is 3.73. The van der Waals surface area contributed by atoms with Gasteiger partial charge in [0.2, 0.25) is 0 Å². The van der Waals surface area contributed by atoms with Gasteiger partial charge in [-0.25, -0.2) is 4.98 Å². The summed E-state index contributed by atoms with van der Waals surface area (Å²) in [5, 5.41) is 0. The van der Waals surface area contributed by atoms with Crippen LogP contribution in [0.15, 0.2) is 42.9 Å². The number of aromatic amines is 1. The fourth-order valence-electron chi connectivity index (χ4n) is 1.67. The largest absolute Gasteiger partial charge is 0.348 e. The maximum absolute atomic E-state index is 6.05. The minimum Gasteiger partial charge on any atom is -0.348 e. The Labute approximate surface area is 114 Å². The van der Waals surface area contributed by atoms with E-state index in [1.54, 1.807) is 6.33 Å². The van der Waals surface area contributed by atoms with E-state index in [1.807, 2.05) is 24.4 Å². The highest BCUT2D eigenvalue weighted by Gasteiger charge is 2.05. The second-order valence-electron chi connectivity index (χ2n) is 3.73. The lowest BCUT2D eigenvalue weighted by Crippen LogP contribution is -2.25. The molecule has 1 aromatic heterocycles. The molecule has 5 heteroatoms. The van der Waals surface area contributed by atoms with E-state index < -0.39 is 0 Å². The third-order valence-electron chi connectivity index (χ3n) is 2.38. The molecular weight excluding hydrogens is 257 g/mol. The van der Waals surface area contributed by atoms with E-state index in [0.29, 0.717) is 0 Å². The van der Waals surface area contributed by atoms with Crippen LogP contribution >= 0.6 is 24.8 Å². The number of rotatable bonds is 4. The van der Waals surface area contributed by atoms with Crippen LogP contribution in [-0.2, 0) is 12.8 Å². The molecule has 0 aliphatic rings. The van der Waals surface area contributed by atoms with Gasteiger partial charge in [-0.15, -0.1) is 24.8 Å². The van der Waals surface area contributed by atoms with Gasteiger partial charge in [-0.2, -0.15) is 0 Å². The molecule has 1 unspecified atom stereocenters. The predicted molar refractivity (Wildman–Crippen MR) is 74.9 cm³/mol. The Balaban J connectivity index is 0.00000128. The van der Waals surface area contributed by atoms with Crippen LogP contribution in [0.25, 0.3) is 0 Å².